The van der Waals surface area contributed by atoms with Crippen molar-refractivity contribution in [2.75, 3.05) is 13.1 Å². The van der Waals surface area contributed by atoms with Crippen molar-refractivity contribution >= 4 is 23.3 Å². The van der Waals surface area contributed by atoms with Crippen molar-refractivity contribution in [1.29, 1.82) is 0 Å². The number of carboxylic acid groups (broad SMARTS) is 1. The van der Waals surface area contributed by atoms with E-state index in [0.717, 1.165) is 6.42 Å². The highest BCUT2D eigenvalue weighted by atomic mass is 32.1. The van der Waals surface area contributed by atoms with Gasteiger partial charge in [0.05, 0.1) is 0 Å². The molecule has 0 aliphatic carbocycles. The predicted octanol–water partition coefficient (Wildman–Crippen LogP) is 2.19. The monoisotopic (exact) mass is 284 g/mol. The van der Waals surface area contributed by atoms with Crippen LogP contribution in [0.1, 0.15) is 25.6 Å². The number of rotatable bonds is 5. The van der Waals surface area contributed by atoms with E-state index in [-0.39, 0.29) is 12.6 Å². The van der Waals surface area contributed by atoms with Crippen molar-refractivity contribution in [2.45, 2.75) is 32.7 Å². The van der Waals surface area contributed by atoms with Crippen LogP contribution in [0, 0.1) is 0 Å². The molecule has 6 heteroatoms. The lowest BCUT2D eigenvalue weighted by Crippen LogP contribution is -2.52. The average Bonchev–Trinajstić information content (AvgIpc) is 2.77. The Kier molecular flexibility index (Phi) is 5.35. The lowest BCUT2D eigenvalue weighted by molar-refractivity contribution is -0.138. The Morgan fingerprint density at radius 2 is 2.11 bits per heavy atom. The summed E-state index contributed by atoms with van der Waals surface area (Å²) in [5.41, 5.74) is -0.522. The lowest BCUT2D eigenvalue weighted by atomic mass is 10.1. The molecule has 19 heavy (non-hydrogen) atoms. The van der Waals surface area contributed by atoms with Crippen molar-refractivity contribution in [2.24, 2.45) is 0 Å². The lowest BCUT2D eigenvalue weighted by Gasteiger charge is -2.34. The molecule has 0 atom stereocenters. The first-order valence-corrected chi connectivity index (χ1v) is 6.98. The van der Waals surface area contributed by atoms with E-state index in [4.69, 9.17) is 5.11 Å². The SMILES string of the molecule is CC(C)(C)N(CC(=O)O)C(=O)NCCc1cccs1. The van der Waals surface area contributed by atoms with Gasteiger partial charge in [-0.25, -0.2) is 4.79 Å². The van der Waals surface area contributed by atoms with Gasteiger partial charge >= 0.3 is 12.0 Å². The second-order valence-corrected chi connectivity index (χ2v) is 6.24. The van der Waals surface area contributed by atoms with Crippen LogP contribution in [0.3, 0.4) is 0 Å². The molecule has 0 fully saturated rings. The molecule has 1 heterocycles. The highest BCUT2D eigenvalue weighted by Crippen LogP contribution is 2.13. The highest BCUT2D eigenvalue weighted by molar-refractivity contribution is 7.09. The maximum absolute atomic E-state index is 12.0. The van der Waals surface area contributed by atoms with Crippen LogP contribution < -0.4 is 5.32 Å². The predicted molar refractivity (Wildman–Crippen MR) is 75.5 cm³/mol. The molecule has 106 valence electrons. The number of carboxylic acids is 1. The van der Waals surface area contributed by atoms with Crippen LogP contribution in [-0.2, 0) is 11.2 Å². The summed E-state index contributed by atoms with van der Waals surface area (Å²) in [7, 11) is 0. The number of nitrogens with one attached hydrogen (secondary N) is 1. The number of aliphatic carboxylic acids is 1. The van der Waals surface area contributed by atoms with E-state index in [1.165, 1.54) is 9.78 Å². The molecule has 0 bridgehead atoms. The van der Waals surface area contributed by atoms with Gasteiger partial charge in [0.1, 0.15) is 6.54 Å². The van der Waals surface area contributed by atoms with Crippen LogP contribution in [0.2, 0.25) is 0 Å². The minimum absolute atomic E-state index is 0.297. The van der Waals surface area contributed by atoms with Crippen molar-refractivity contribution < 1.29 is 14.7 Å². The third-order valence-electron chi connectivity index (χ3n) is 2.58. The van der Waals surface area contributed by atoms with Crippen molar-refractivity contribution in [1.82, 2.24) is 10.2 Å². The number of hydrogen-bond donors (Lipinski definition) is 2. The largest absolute Gasteiger partial charge is 0.480 e. The van der Waals surface area contributed by atoms with Gasteiger partial charge in [-0.3, -0.25) is 4.79 Å². The molecule has 1 aromatic rings. The van der Waals surface area contributed by atoms with Crippen molar-refractivity contribution in [3.05, 3.63) is 22.4 Å². The van der Waals surface area contributed by atoms with Gasteiger partial charge in [0.15, 0.2) is 0 Å². The van der Waals surface area contributed by atoms with E-state index in [1.54, 1.807) is 11.3 Å². The van der Waals surface area contributed by atoms with Crippen molar-refractivity contribution in [3.63, 3.8) is 0 Å². The minimum atomic E-state index is -1.01. The number of hydrogen-bond acceptors (Lipinski definition) is 3. The van der Waals surface area contributed by atoms with E-state index < -0.39 is 11.5 Å². The first-order chi connectivity index (χ1) is 8.80. The number of nitrogens with zero attached hydrogens (tertiary/aromatic N) is 1. The molecule has 0 saturated heterocycles. The number of carbonyl (C=O) groups is 2. The highest BCUT2D eigenvalue weighted by Gasteiger charge is 2.28. The van der Waals surface area contributed by atoms with E-state index in [2.05, 4.69) is 5.32 Å². The maximum Gasteiger partial charge on any atom is 0.323 e. The molecule has 5 nitrogen and oxygen atoms in total. The molecule has 0 aliphatic heterocycles. The summed E-state index contributed by atoms with van der Waals surface area (Å²) in [6.45, 7) is 5.65. The molecule has 0 unspecified atom stereocenters. The molecule has 0 radical (unpaired) electrons. The molecule has 0 aromatic carbocycles. The third-order valence-corrected chi connectivity index (χ3v) is 3.51. The topological polar surface area (TPSA) is 69.6 Å². The fourth-order valence-corrected chi connectivity index (χ4v) is 2.30. The second kappa shape index (κ2) is 6.56. The van der Waals surface area contributed by atoms with Crippen LogP contribution in [0.15, 0.2) is 17.5 Å². The first kappa shape index (κ1) is 15.5. The summed E-state index contributed by atoms with van der Waals surface area (Å²) in [4.78, 5) is 25.3. The zero-order chi connectivity index (χ0) is 14.5. The first-order valence-electron chi connectivity index (χ1n) is 6.10. The van der Waals surface area contributed by atoms with Gasteiger partial charge in [-0.05, 0) is 38.6 Å². The van der Waals surface area contributed by atoms with E-state index in [0.29, 0.717) is 6.54 Å². The van der Waals surface area contributed by atoms with Crippen LogP contribution >= 0.6 is 11.3 Å². The van der Waals surface area contributed by atoms with Gasteiger partial charge in [0.25, 0.3) is 0 Å². The summed E-state index contributed by atoms with van der Waals surface area (Å²) in [5, 5.41) is 13.6. The van der Waals surface area contributed by atoms with Gasteiger partial charge in [0.2, 0.25) is 0 Å². The number of urea groups is 1. The molecule has 1 aromatic heterocycles. The van der Waals surface area contributed by atoms with E-state index in [9.17, 15) is 9.59 Å². The zero-order valence-electron chi connectivity index (χ0n) is 11.5. The summed E-state index contributed by atoms with van der Waals surface area (Å²) in [6.07, 6.45) is 0.758. The Balaban J connectivity index is 2.50. The summed E-state index contributed by atoms with van der Waals surface area (Å²) in [6, 6.07) is 3.63. The number of amides is 2. The van der Waals surface area contributed by atoms with Gasteiger partial charge in [0, 0.05) is 17.0 Å². The fourth-order valence-electron chi connectivity index (χ4n) is 1.59. The second-order valence-electron chi connectivity index (χ2n) is 5.21. The average molecular weight is 284 g/mol. The Bertz CT molecular complexity index is 424. The van der Waals surface area contributed by atoms with Crippen molar-refractivity contribution in [3.8, 4) is 0 Å². The molecule has 1 rings (SSSR count). The quantitative estimate of drug-likeness (QED) is 0.870. The van der Waals surface area contributed by atoms with Crippen LogP contribution in [0.4, 0.5) is 4.79 Å². The van der Waals surface area contributed by atoms with Gasteiger partial charge in [-0.15, -0.1) is 11.3 Å². The van der Waals surface area contributed by atoms with Crippen LogP contribution in [0.25, 0.3) is 0 Å². The van der Waals surface area contributed by atoms with E-state index in [1.807, 2.05) is 38.3 Å². The molecular weight excluding hydrogens is 264 g/mol. The molecule has 0 spiro atoms. The fraction of sp³-hybridized carbons (Fsp3) is 0.538. The molecule has 0 saturated carbocycles. The standard InChI is InChI=1S/C13H20N2O3S/c1-13(2,3)15(9-11(16)17)12(18)14-7-6-10-5-4-8-19-10/h4-5,8H,6-7,9H2,1-3H3,(H,14,18)(H,16,17). The van der Waals surface area contributed by atoms with E-state index >= 15 is 0 Å². The Hall–Kier alpha value is -1.56. The maximum atomic E-state index is 12.0. The Morgan fingerprint density at radius 3 is 2.58 bits per heavy atom. The molecule has 0 aliphatic rings. The molecule has 2 amide bonds. The normalized spacial score (nSPS) is 11.1. The van der Waals surface area contributed by atoms with Gasteiger partial charge in [-0.2, -0.15) is 0 Å². The number of carbonyl (C=O) groups excluding carboxylic acids is 1. The molecule has 2 N–H and O–H groups in total. The smallest absolute Gasteiger partial charge is 0.323 e. The summed E-state index contributed by atoms with van der Waals surface area (Å²) < 4.78 is 0. The minimum Gasteiger partial charge on any atom is -0.480 e. The summed E-state index contributed by atoms with van der Waals surface area (Å²) >= 11 is 1.64. The van der Waals surface area contributed by atoms with Gasteiger partial charge < -0.3 is 15.3 Å². The third kappa shape index (κ3) is 5.30. The zero-order valence-corrected chi connectivity index (χ0v) is 12.3. The van der Waals surface area contributed by atoms with Crippen LogP contribution in [-0.4, -0.2) is 40.6 Å². The Morgan fingerprint density at radius 1 is 1.42 bits per heavy atom. The summed E-state index contributed by atoms with van der Waals surface area (Å²) in [5.74, 6) is -1.01. The van der Waals surface area contributed by atoms with Crippen LogP contribution in [0.5, 0.6) is 0 Å². The van der Waals surface area contributed by atoms with Gasteiger partial charge in [-0.1, -0.05) is 6.07 Å². The number of thiophene rings is 1. The molecular formula is C13H20N2O3S. The Labute approximate surface area is 117 Å².